The predicted molar refractivity (Wildman–Crippen MR) is 75.6 cm³/mol. The maximum absolute atomic E-state index is 12.0. The summed E-state index contributed by atoms with van der Waals surface area (Å²) in [5.41, 5.74) is 1.07. The van der Waals surface area contributed by atoms with Crippen LogP contribution in [0.2, 0.25) is 0 Å². The van der Waals surface area contributed by atoms with Crippen LogP contribution in [0.3, 0.4) is 0 Å². The molecule has 0 aliphatic carbocycles. The highest BCUT2D eigenvalue weighted by atomic mass is 32.2. The third-order valence-corrected chi connectivity index (χ3v) is 5.35. The number of sulfone groups is 1. The Morgan fingerprint density at radius 1 is 1.24 bits per heavy atom. The molecule has 1 atom stereocenters. The Hall–Kier alpha value is -0.480. The van der Waals surface area contributed by atoms with Crippen LogP contribution in [0.25, 0.3) is 0 Å². The third kappa shape index (κ3) is 3.49. The molecule has 0 radical (unpaired) electrons. The average molecular weight is 272 g/mol. The van der Waals surface area contributed by atoms with E-state index >= 15 is 0 Å². The molecule has 0 fully saturated rings. The molecule has 0 aliphatic heterocycles. The summed E-state index contributed by atoms with van der Waals surface area (Å²) < 4.78 is 24.1. The van der Waals surface area contributed by atoms with Gasteiger partial charge in [0.05, 0.1) is 10.1 Å². The fourth-order valence-corrected chi connectivity index (χ4v) is 3.13. The van der Waals surface area contributed by atoms with E-state index in [2.05, 4.69) is 19.6 Å². The van der Waals surface area contributed by atoms with Crippen molar-refractivity contribution in [1.29, 1.82) is 0 Å². The van der Waals surface area contributed by atoms with Crippen molar-refractivity contribution in [2.24, 2.45) is 0 Å². The molecule has 1 aromatic rings. The second-order valence-electron chi connectivity index (χ2n) is 4.58. The number of benzene rings is 1. The van der Waals surface area contributed by atoms with Gasteiger partial charge < -0.3 is 0 Å². The minimum Gasteiger partial charge on any atom is -0.223 e. The molecule has 4 heteroatoms. The van der Waals surface area contributed by atoms with Gasteiger partial charge in [-0.2, -0.15) is 12.6 Å². The van der Waals surface area contributed by atoms with Gasteiger partial charge in [0.2, 0.25) is 0 Å². The van der Waals surface area contributed by atoms with E-state index in [1.54, 1.807) is 26.0 Å². The molecular formula is C13H20O2S2. The largest absolute Gasteiger partial charge is 0.223 e. The van der Waals surface area contributed by atoms with Crippen molar-refractivity contribution < 1.29 is 8.42 Å². The van der Waals surface area contributed by atoms with Crippen LogP contribution in [-0.2, 0) is 9.84 Å². The van der Waals surface area contributed by atoms with Crippen molar-refractivity contribution in [2.45, 2.75) is 43.3 Å². The first-order valence-corrected chi connectivity index (χ1v) is 8.02. The van der Waals surface area contributed by atoms with Crippen molar-refractivity contribution >= 4 is 22.5 Å². The van der Waals surface area contributed by atoms with Crippen molar-refractivity contribution in [2.75, 3.05) is 5.75 Å². The van der Waals surface area contributed by atoms with Gasteiger partial charge in [0, 0.05) is 0 Å². The first-order valence-electron chi connectivity index (χ1n) is 5.84. The van der Waals surface area contributed by atoms with Gasteiger partial charge in [-0.1, -0.05) is 19.1 Å². The van der Waals surface area contributed by atoms with E-state index in [4.69, 9.17) is 0 Å². The second-order valence-corrected chi connectivity index (χ2v) is 7.53. The third-order valence-electron chi connectivity index (χ3n) is 2.94. The molecule has 0 saturated carbocycles. The van der Waals surface area contributed by atoms with Gasteiger partial charge in [-0.05, 0) is 49.6 Å². The predicted octanol–water partition coefficient (Wildman–Crippen LogP) is 3.29. The highest BCUT2D eigenvalue weighted by Gasteiger charge is 2.19. The lowest BCUT2D eigenvalue weighted by Crippen LogP contribution is -2.14. The van der Waals surface area contributed by atoms with Crippen LogP contribution in [-0.4, -0.2) is 19.4 Å². The quantitative estimate of drug-likeness (QED) is 0.835. The van der Waals surface area contributed by atoms with Gasteiger partial charge in [-0.25, -0.2) is 8.42 Å². The summed E-state index contributed by atoms with van der Waals surface area (Å²) in [6.45, 7) is 5.51. The molecule has 0 aromatic heterocycles. The number of rotatable bonds is 5. The lowest BCUT2D eigenvalue weighted by atomic mass is 9.99. The van der Waals surface area contributed by atoms with Gasteiger partial charge in [-0.3, -0.25) is 0 Å². The Balaban J connectivity index is 3.10. The maximum Gasteiger partial charge on any atom is 0.180 e. The van der Waals surface area contributed by atoms with Crippen LogP contribution < -0.4 is 0 Å². The van der Waals surface area contributed by atoms with Crippen molar-refractivity contribution in [3.05, 3.63) is 29.8 Å². The van der Waals surface area contributed by atoms with Gasteiger partial charge in [0.1, 0.15) is 0 Å². The summed E-state index contributed by atoms with van der Waals surface area (Å²) in [6, 6.07) is 7.27. The minimum absolute atomic E-state index is 0.342. The van der Waals surface area contributed by atoms with Crippen LogP contribution in [0.5, 0.6) is 0 Å². The normalized spacial score (nSPS) is 13.9. The number of hydrogen-bond donors (Lipinski definition) is 1. The average Bonchev–Trinajstić information content (AvgIpc) is 2.29. The fraction of sp³-hybridized carbons (Fsp3) is 0.538. The second kappa shape index (κ2) is 5.91. The van der Waals surface area contributed by atoms with E-state index in [1.165, 1.54) is 0 Å². The van der Waals surface area contributed by atoms with Gasteiger partial charge in [0.25, 0.3) is 0 Å². The maximum atomic E-state index is 12.0. The summed E-state index contributed by atoms with van der Waals surface area (Å²) >= 11 is 4.21. The van der Waals surface area contributed by atoms with Crippen LogP contribution in [0.1, 0.15) is 38.7 Å². The fourth-order valence-electron chi connectivity index (χ4n) is 1.63. The SMILES string of the molecule is CC(CCS)c1cccc(S(=O)(=O)C(C)C)c1. The molecule has 1 rings (SSSR count). The topological polar surface area (TPSA) is 34.1 Å². The van der Waals surface area contributed by atoms with Crippen molar-refractivity contribution in [3.8, 4) is 0 Å². The van der Waals surface area contributed by atoms with E-state index in [1.807, 2.05) is 12.1 Å². The van der Waals surface area contributed by atoms with E-state index in [-0.39, 0.29) is 5.25 Å². The monoisotopic (exact) mass is 272 g/mol. The summed E-state index contributed by atoms with van der Waals surface area (Å²) in [7, 11) is -3.17. The Morgan fingerprint density at radius 2 is 1.88 bits per heavy atom. The van der Waals surface area contributed by atoms with Crippen LogP contribution in [0, 0.1) is 0 Å². The molecule has 0 amide bonds. The van der Waals surface area contributed by atoms with E-state index < -0.39 is 9.84 Å². The molecule has 0 N–H and O–H groups in total. The van der Waals surface area contributed by atoms with Gasteiger partial charge in [0.15, 0.2) is 9.84 Å². The lowest BCUT2D eigenvalue weighted by Gasteiger charge is -2.13. The molecule has 96 valence electrons. The van der Waals surface area contributed by atoms with E-state index in [9.17, 15) is 8.42 Å². The zero-order valence-corrected chi connectivity index (χ0v) is 12.3. The van der Waals surface area contributed by atoms with Crippen molar-refractivity contribution in [1.82, 2.24) is 0 Å². The Bertz CT molecular complexity index is 464. The Kier molecular flexibility index (Phi) is 5.07. The molecule has 1 aromatic carbocycles. The standard InChI is InChI=1S/C13H20O2S2/c1-10(2)17(14,15)13-6-4-5-12(9-13)11(3)7-8-16/h4-6,9-11,16H,7-8H2,1-3H3. The highest BCUT2D eigenvalue weighted by molar-refractivity contribution is 7.92. The van der Waals surface area contributed by atoms with Crippen LogP contribution in [0.4, 0.5) is 0 Å². The molecule has 0 heterocycles. The van der Waals surface area contributed by atoms with Crippen LogP contribution in [0.15, 0.2) is 29.2 Å². The molecule has 17 heavy (non-hydrogen) atoms. The lowest BCUT2D eigenvalue weighted by molar-refractivity contribution is 0.587. The van der Waals surface area contributed by atoms with Crippen LogP contribution >= 0.6 is 12.6 Å². The van der Waals surface area contributed by atoms with E-state index in [0.29, 0.717) is 10.8 Å². The zero-order valence-electron chi connectivity index (χ0n) is 10.6. The first kappa shape index (κ1) is 14.6. The first-order chi connectivity index (χ1) is 7.89. The number of thiol groups is 1. The van der Waals surface area contributed by atoms with Gasteiger partial charge >= 0.3 is 0 Å². The van der Waals surface area contributed by atoms with Crippen molar-refractivity contribution in [3.63, 3.8) is 0 Å². The molecule has 1 unspecified atom stereocenters. The summed E-state index contributed by atoms with van der Waals surface area (Å²) in [6.07, 6.45) is 0.953. The minimum atomic E-state index is -3.17. The number of hydrogen-bond acceptors (Lipinski definition) is 3. The molecule has 0 bridgehead atoms. The highest BCUT2D eigenvalue weighted by Crippen LogP contribution is 2.24. The summed E-state index contributed by atoms with van der Waals surface area (Å²) in [5, 5.41) is -0.377. The molecule has 2 nitrogen and oxygen atoms in total. The summed E-state index contributed by atoms with van der Waals surface area (Å²) in [4.78, 5) is 0.427. The Morgan fingerprint density at radius 3 is 2.41 bits per heavy atom. The molecule has 0 aliphatic rings. The van der Waals surface area contributed by atoms with E-state index in [0.717, 1.165) is 17.7 Å². The Labute approximate surface area is 110 Å². The molecule has 0 saturated heterocycles. The summed E-state index contributed by atoms with van der Waals surface area (Å²) in [5.74, 6) is 1.15. The zero-order chi connectivity index (χ0) is 13.1. The molecule has 0 spiro atoms. The molecular weight excluding hydrogens is 252 g/mol. The smallest absolute Gasteiger partial charge is 0.180 e. The van der Waals surface area contributed by atoms with Gasteiger partial charge in [-0.15, -0.1) is 0 Å².